The molecule has 10 heterocycles. The van der Waals surface area contributed by atoms with E-state index in [0.29, 0.717) is 49.1 Å². The van der Waals surface area contributed by atoms with Crippen LogP contribution in [0.2, 0.25) is 15.1 Å². The van der Waals surface area contributed by atoms with Crippen LogP contribution >= 0.6 is 91.6 Å². The molecule has 0 spiro atoms. The number of benzene rings is 3. The van der Waals surface area contributed by atoms with Gasteiger partial charge >= 0.3 is 7.12 Å². The summed E-state index contributed by atoms with van der Waals surface area (Å²) in [6.07, 6.45) is 17.7. The number of hydrogen-bond donors (Lipinski definition) is 1. The maximum atomic E-state index is 12.7. The van der Waals surface area contributed by atoms with Crippen molar-refractivity contribution in [2.75, 3.05) is 45.1 Å². The van der Waals surface area contributed by atoms with Gasteiger partial charge < -0.3 is 24.0 Å². The molecule has 15 rings (SSSR count). The number of likely N-dealkylation sites (tertiary alicyclic amines) is 3. The van der Waals surface area contributed by atoms with Gasteiger partial charge in [0.25, 0.3) is 0 Å². The minimum atomic E-state index is -0.193. The molecule has 0 bridgehead atoms. The number of carbonyl (C=O) groups excluding carboxylic acids is 3. The average Bonchev–Trinajstić information content (AvgIpc) is 1.66. The van der Waals surface area contributed by atoms with Crippen molar-refractivity contribution in [3.63, 3.8) is 0 Å². The van der Waals surface area contributed by atoms with Crippen LogP contribution in [0.15, 0.2) is 109 Å². The van der Waals surface area contributed by atoms with Crippen molar-refractivity contribution in [3.05, 3.63) is 137 Å². The SMILES string of the molecule is CC1(C)OB(C2=CCCC2)OC1(C)C.Clc1c(-c2ccccc2)nnc2n[nH]c(I)c12.O=C(CCl)N1CCCC1.O=C(Cn1nc(C2=CCCC2)c2c(Cl)c(-c3ccccc3)nnc21)N1CCCC1.O=C(Cn1nc(I)c2c(Cl)c(-c3ccccc3)nnc21)N1CCCC1.[In]. The van der Waals surface area contributed by atoms with Crippen molar-refractivity contribution in [2.24, 2.45) is 0 Å². The molecule has 0 unspecified atom stereocenters. The van der Waals surface area contributed by atoms with Crippen molar-refractivity contribution in [1.82, 2.24) is 75.1 Å². The molecule has 4 fully saturated rings. The normalized spacial score (nSPS) is 16.9. The minimum Gasteiger partial charge on any atom is -0.400 e. The summed E-state index contributed by atoms with van der Waals surface area (Å²) in [4.78, 5) is 41.5. The molecule has 3 amide bonds. The van der Waals surface area contributed by atoms with Crippen LogP contribution in [-0.4, -0.2) is 182 Å². The van der Waals surface area contributed by atoms with E-state index in [1.165, 1.54) is 23.9 Å². The van der Waals surface area contributed by atoms with Crippen LogP contribution in [0, 0.1) is 7.40 Å². The van der Waals surface area contributed by atoms with Gasteiger partial charge in [-0.2, -0.15) is 15.3 Å². The molecule has 4 saturated heterocycles. The molecular weight excluding hydrogens is 1620 g/mol. The molecule has 9 aromatic rings. The first kappa shape index (κ1) is 72.4. The molecule has 0 atom stereocenters. The van der Waals surface area contributed by atoms with Crippen LogP contribution < -0.4 is 0 Å². The molecule has 20 nitrogen and oxygen atoms in total. The smallest absolute Gasteiger partial charge is 0.400 e. The number of nitrogens with zero attached hydrogens (tertiary/aromatic N) is 14. The second-order valence-corrected chi connectivity index (χ2v) is 28.1. The molecule has 1 N–H and O–H groups in total. The molecule has 3 aromatic carbocycles. The Morgan fingerprint density at radius 1 is 0.526 bits per heavy atom. The molecule has 28 heteroatoms. The third-order valence-electron chi connectivity index (χ3n) is 17.7. The topological polar surface area (TPSA) is 221 Å². The third kappa shape index (κ3) is 16.9. The summed E-state index contributed by atoms with van der Waals surface area (Å²) in [7, 11) is -0.0949. The molecule has 3 radical (unpaired) electrons. The van der Waals surface area contributed by atoms with E-state index < -0.39 is 0 Å². The van der Waals surface area contributed by atoms with E-state index in [4.69, 9.17) is 60.8 Å². The number of aromatic amines is 1. The summed E-state index contributed by atoms with van der Waals surface area (Å²) in [6, 6.07) is 29.2. The van der Waals surface area contributed by atoms with Gasteiger partial charge in [0.15, 0.2) is 11.3 Å². The maximum absolute atomic E-state index is 12.7. The number of alkyl halides is 1. The number of carbonyl (C=O) groups is 3. The van der Waals surface area contributed by atoms with Crippen LogP contribution in [0.3, 0.4) is 0 Å². The quantitative estimate of drug-likeness (QED) is 0.0765. The molecule has 95 heavy (non-hydrogen) atoms. The number of halogens is 6. The van der Waals surface area contributed by atoms with Crippen LogP contribution in [0.5, 0.6) is 0 Å². The molecule has 0 saturated carbocycles. The van der Waals surface area contributed by atoms with Crippen molar-refractivity contribution in [2.45, 2.75) is 129 Å². The van der Waals surface area contributed by atoms with E-state index in [-0.39, 0.29) is 80.9 Å². The van der Waals surface area contributed by atoms with Crippen molar-refractivity contribution < 1.29 is 23.7 Å². The van der Waals surface area contributed by atoms with E-state index in [1.807, 2.05) is 106 Å². The van der Waals surface area contributed by atoms with Gasteiger partial charge in [-0.1, -0.05) is 138 Å². The van der Waals surface area contributed by atoms with Gasteiger partial charge in [-0.15, -0.1) is 42.2 Å². The number of aromatic nitrogens is 12. The first-order valence-corrected chi connectivity index (χ1v) is 35.6. The largest absolute Gasteiger partial charge is 0.490 e. The van der Waals surface area contributed by atoms with Crippen LogP contribution in [0.1, 0.15) is 110 Å². The number of hydrogen-bond acceptors (Lipinski definition) is 14. The molecule has 4 aliphatic heterocycles. The predicted octanol–water partition coefficient (Wildman–Crippen LogP) is 14.2. The number of allylic oxidation sites excluding steroid dienone is 4. The summed E-state index contributed by atoms with van der Waals surface area (Å²) in [5, 5.41) is 45.8. The first-order valence-electron chi connectivity index (χ1n) is 31.8. The fourth-order valence-electron chi connectivity index (χ4n) is 11.8. The number of amides is 3. The first-order chi connectivity index (χ1) is 45.4. The summed E-state index contributed by atoms with van der Waals surface area (Å²) in [5.74, 6) is 0.349. The van der Waals surface area contributed by atoms with Gasteiger partial charge in [-0.05, 0) is 161 Å². The van der Waals surface area contributed by atoms with E-state index in [9.17, 15) is 14.4 Å². The van der Waals surface area contributed by atoms with Gasteiger partial charge in [-0.3, -0.25) is 19.5 Å². The van der Waals surface area contributed by atoms with Gasteiger partial charge in [-0.25, -0.2) is 9.36 Å². The third-order valence-corrected chi connectivity index (χ3v) is 20.6. The van der Waals surface area contributed by atoms with Crippen molar-refractivity contribution in [1.29, 1.82) is 0 Å². The Hall–Kier alpha value is -5.32. The molecular formula is C67H72BCl4I2InN15O5. The van der Waals surface area contributed by atoms with E-state index in [1.54, 1.807) is 9.36 Å². The Labute approximate surface area is 618 Å². The zero-order valence-corrected chi connectivity index (χ0v) is 64.0. The Kier molecular flexibility index (Phi) is 25.2. The Morgan fingerprint density at radius 3 is 1.40 bits per heavy atom. The van der Waals surface area contributed by atoms with E-state index in [0.717, 1.165) is 149 Å². The fourth-order valence-corrected chi connectivity index (χ4v) is 14.7. The van der Waals surface area contributed by atoms with E-state index in [2.05, 4.69) is 131 Å². The summed E-state index contributed by atoms with van der Waals surface area (Å²) >= 11 is 29.4. The zero-order chi connectivity index (χ0) is 66.1. The molecule has 6 aromatic heterocycles. The number of fused-ring (bicyclic) bond motifs is 3. The van der Waals surface area contributed by atoms with Crippen LogP contribution in [0.25, 0.3) is 72.4 Å². The number of rotatable bonds is 10. The molecule has 6 aliphatic rings. The fraction of sp³-hybridized carbons (Fsp3) is 0.403. The second-order valence-electron chi connectivity index (χ2n) is 24.6. The summed E-state index contributed by atoms with van der Waals surface area (Å²) in [5.41, 5.74) is 9.33. The minimum absolute atomic E-state index is 0. The average molecular weight is 1690 g/mol. The molecule has 493 valence electrons. The predicted molar refractivity (Wildman–Crippen MR) is 393 cm³/mol. The maximum Gasteiger partial charge on any atom is 0.490 e. The van der Waals surface area contributed by atoms with Crippen LogP contribution in [-0.2, 0) is 36.8 Å². The van der Waals surface area contributed by atoms with Gasteiger partial charge in [0.05, 0.1) is 48.1 Å². The number of nitrogens with one attached hydrogen (secondary N) is 1. The Bertz CT molecular complexity index is 4230. The monoisotopic (exact) mass is 1690 g/mol. The zero-order valence-electron chi connectivity index (χ0n) is 53.4. The number of H-pyrrole nitrogens is 1. The summed E-state index contributed by atoms with van der Waals surface area (Å²) in [6.45, 7) is 13.8. The van der Waals surface area contributed by atoms with Gasteiger partial charge in [0.2, 0.25) is 23.4 Å². The van der Waals surface area contributed by atoms with Crippen molar-refractivity contribution >= 4 is 181 Å². The van der Waals surface area contributed by atoms with E-state index >= 15 is 0 Å². The standard InChI is InChI=1S/C22H22ClN5O.C17H15ClIN5O.C11H19BO2.C11H6ClIN4.C6H10ClNO.In/c23-19-18-20(15-10-4-5-11-15)26-28(14-17(29)27-12-6-7-13-27)22(18)25-24-21(19)16-8-2-1-3-9-16;18-14-13-16(19)22-24(10-12(25)23-8-4-5-9-23)17(13)21-20-15(14)11-6-2-1-3-7-11;1-10(2)11(3,4)14-12(13-10)9-7-5-6-8-9;12-8-7-10(13)15-17-11(7)16-14-9(8)6-4-2-1-3-5-6;7-5-6(9)8-3-1-2-4-8;/h1-3,8-10H,4-7,11-14H2;1-3,6-7H,4-5,8-10H2;7H,5-6,8H2,1-4H3;1-5H,(H,15,16,17);1-5H2;. The van der Waals surface area contributed by atoms with Gasteiger partial charge in [0, 0.05) is 81.8 Å². The second kappa shape index (κ2) is 33.0. The molecule has 2 aliphatic carbocycles. The Morgan fingerprint density at radius 2 is 0.947 bits per heavy atom. The summed E-state index contributed by atoms with van der Waals surface area (Å²) < 4.78 is 16.8. The Balaban J connectivity index is 0.000000136. The van der Waals surface area contributed by atoms with Crippen molar-refractivity contribution in [3.8, 4) is 33.8 Å². The van der Waals surface area contributed by atoms with Gasteiger partial charge in [0.1, 0.15) is 43.5 Å². The van der Waals surface area contributed by atoms with Crippen LogP contribution in [0.4, 0.5) is 0 Å².